The molecule has 2 heterocycles. The zero-order chi connectivity index (χ0) is 22.5. The number of halogens is 2. The molecule has 0 atom stereocenters. The van der Waals surface area contributed by atoms with Crippen LogP contribution in [0, 0.1) is 7.14 Å². The molecule has 0 unspecified atom stereocenters. The Kier molecular flexibility index (Phi) is 8.06. The number of aliphatic imine (C=N–C) groups is 1. The molecule has 5 nitrogen and oxygen atoms in total. The number of hydrogen-bond donors (Lipinski definition) is 1. The number of carbonyl (C=O) groups excluding carboxylic acids is 1. The van der Waals surface area contributed by atoms with E-state index in [1.54, 1.807) is 23.7 Å². The highest BCUT2D eigenvalue weighted by Crippen LogP contribution is 2.40. The molecule has 0 fully saturated rings. The summed E-state index contributed by atoms with van der Waals surface area (Å²) in [6.07, 6.45) is 9.39. The summed E-state index contributed by atoms with van der Waals surface area (Å²) in [5, 5.41) is 3.76. The van der Waals surface area contributed by atoms with Crippen molar-refractivity contribution in [3.8, 4) is 5.75 Å². The maximum atomic E-state index is 13.1. The fourth-order valence-electron chi connectivity index (χ4n) is 3.61. The van der Waals surface area contributed by atoms with Crippen molar-refractivity contribution < 1.29 is 13.9 Å². The van der Waals surface area contributed by atoms with Crippen LogP contribution in [0.25, 0.3) is 0 Å². The third-order valence-electron chi connectivity index (χ3n) is 5.08. The number of rotatable bonds is 8. The fourth-order valence-corrected chi connectivity index (χ4v) is 6.97. The van der Waals surface area contributed by atoms with Gasteiger partial charge in [-0.3, -0.25) is 4.79 Å². The number of thiophene rings is 1. The lowest BCUT2D eigenvalue weighted by Crippen LogP contribution is -2.23. The van der Waals surface area contributed by atoms with E-state index in [2.05, 4.69) is 57.1 Å². The largest absolute Gasteiger partial charge is 0.487 e. The Labute approximate surface area is 218 Å². The molecule has 0 saturated carbocycles. The van der Waals surface area contributed by atoms with E-state index in [1.807, 2.05) is 30.5 Å². The molecule has 1 aliphatic carbocycles. The highest BCUT2D eigenvalue weighted by Gasteiger charge is 2.25. The molecule has 32 heavy (non-hydrogen) atoms. The lowest BCUT2D eigenvalue weighted by molar-refractivity contribution is 0.0948. The van der Waals surface area contributed by atoms with Gasteiger partial charge in [0.05, 0.1) is 25.5 Å². The Morgan fingerprint density at radius 3 is 2.78 bits per heavy atom. The average molecular weight is 672 g/mol. The Morgan fingerprint density at radius 1 is 1.28 bits per heavy atom. The third-order valence-corrected chi connectivity index (χ3v) is 7.88. The molecule has 1 N–H and O–H groups in total. The molecule has 3 aromatic rings. The first kappa shape index (κ1) is 23.5. The van der Waals surface area contributed by atoms with E-state index >= 15 is 0 Å². The molecule has 166 valence electrons. The number of fused-ring (bicyclic) bond motifs is 1. The van der Waals surface area contributed by atoms with Crippen LogP contribution < -0.4 is 10.1 Å². The number of nitrogens with one attached hydrogen (secondary N) is 1. The number of benzene rings is 1. The van der Waals surface area contributed by atoms with E-state index in [9.17, 15) is 4.79 Å². The third kappa shape index (κ3) is 5.45. The van der Waals surface area contributed by atoms with Crippen molar-refractivity contribution in [1.82, 2.24) is 5.32 Å². The first-order valence-corrected chi connectivity index (χ1v) is 13.3. The van der Waals surface area contributed by atoms with Gasteiger partial charge in [0, 0.05) is 11.1 Å². The number of amides is 1. The number of aryl methyl sites for hydroxylation is 1. The summed E-state index contributed by atoms with van der Waals surface area (Å²) in [6.45, 7) is 4.54. The van der Waals surface area contributed by atoms with E-state index in [4.69, 9.17) is 14.1 Å². The van der Waals surface area contributed by atoms with Crippen LogP contribution in [0.1, 0.15) is 45.0 Å². The van der Waals surface area contributed by atoms with Gasteiger partial charge in [-0.15, -0.1) is 11.3 Å². The summed E-state index contributed by atoms with van der Waals surface area (Å²) in [7, 11) is 0. The van der Waals surface area contributed by atoms with Gasteiger partial charge in [0.1, 0.15) is 23.1 Å². The van der Waals surface area contributed by atoms with Crippen LogP contribution in [0.5, 0.6) is 5.75 Å². The second-order valence-electron chi connectivity index (χ2n) is 7.32. The van der Waals surface area contributed by atoms with Crippen LogP contribution in [0.4, 0.5) is 5.00 Å². The van der Waals surface area contributed by atoms with Crippen LogP contribution in [0.3, 0.4) is 0 Å². The zero-order valence-corrected chi connectivity index (χ0v) is 22.5. The van der Waals surface area contributed by atoms with Gasteiger partial charge < -0.3 is 14.5 Å². The summed E-state index contributed by atoms with van der Waals surface area (Å²) >= 11 is 6.18. The van der Waals surface area contributed by atoms with Crippen molar-refractivity contribution in [3.63, 3.8) is 0 Å². The van der Waals surface area contributed by atoms with Gasteiger partial charge >= 0.3 is 0 Å². The van der Waals surface area contributed by atoms with Crippen molar-refractivity contribution >= 4 is 73.6 Å². The van der Waals surface area contributed by atoms with Crippen molar-refractivity contribution in [1.29, 1.82) is 0 Å². The smallest absolute Gasteiger partial charge is 0.255 e. The maximum absolute atomic E-state index is 13.1. The van der Waals surface area contributed by atoms with Crippen LogP contribution in [-0.4, -0.2) is 18.7 Å². The first-order chi connectivity index (χ1) is 15.6. The van der Waals surface area contributed by atoms with Gasteiger partial charge in [-0.1, -0.05) is 12.7 Å². The topological polar surface area (TPSA) is 63.8 Å². The van der Waals surface area contributed by atoms with Gasteiger partial charge in [0.2, 0.25) is 0 Å². The van der Waals surface area contributed by atoms with Crippen molar-refractivity contribution in [2.45, 2.75) is 32.2 Å². The summed E-state index contributed by atoms with van der Waals surface area (Å²) in [5.41, 5.74) is 2.84. The van der Waals surface area contributed by atoms with Gasteiger partial charge in [0.25, 0.3) is 5.91 Å². The Morgan fingerprint density at radius 2 is 2.06 bits per heavy atom. The second-order valence-corrected chi connectivity index (χ2v) is 10.7. The SMILES string of the molecule is C=CCOc1c(I)cc(C=Nc2sc3c(c2C(=O)NCc2ccco2)CCCC3)cc1I. The minimum absolute atomic E-state index is 0.0923. The van der Waals surface area contributed by atoms with Gasteiger partial charge in [-0.25, -0.2) is 4.99 Å². The normalized spacial score (nSPS) is 13.2. The molecule has 4 rings (SSSR count). The van der Waals surface area contributed by atoms with E-state index in [-0.39, 0.29) is 5.91 Å². The monoisotopic (exact) mass is 672 g/mol. The van der Waals surface area contributed by atoms with Gasteiger partial charge in [0.15, 0.2) is 0 Å². The molecule has 0 radical (unpaired) electrons. The lowest BCUT2D eigenvalue weighted by Gasteiger charge is -2.12. The molecule has 0 spiro atoms. The van der Waals surface area contributed by atoms with Gasteiger partial charge in [-0.2, -0.15) is 0 Å². The first-order valence-electron chi connectivity index (χ1n) is 10.3. The molecule has 2 aromatic heterocycles. The van der Waals surface area contributed by atoms with Crippen LogP contribution >= 0.6 is 56.5 Å². The Hall–Kier alpha value is -1.66. The summed E-state index contributed by atoms with van der Waals surface area (Å²) in [5.74, 6) is 1.49. The Balaban J connectivity index is 1.60. The Bertz CT molecular complexity index is 1130. The molecule has 0 saturated heterocycles. The molecular formula is C24H22I2N2O3S. The van der Waals surface area contributed by atoms with E-state index in [0.717, 1.165) is 60.5 Å². The van der Waals surface area contributed by atoms with E-state index in [0.29, 0.717) is 18.7 Å². The number of hydrogen-bond acceptors (Lipinski definition) is 5. The minimum Gasteiger partial charge on any atom is -0.487 e. The molecule has 1 aromatic carbocycles. The van der Waals surface area contributed by atoms with E-state index < -0.39 is 0 Å². The lowest BCUT2D eigenvalue weighted by atomic mass is 9.95. The predicted molar refractivity (Wildman–Crippen MR) is 146 cm³/mol. The fraction of sp³-hybridized carbons (Fsp3) is 0.250. The molecular weight excluding hydrogens is 650 g/mol. The van der Waals surface area contributed by atoms with Crippen LogP contribution in [-0.2, 0) is 19.4 Å². The molecule has 0 bridgehead atoms. The molecule has 8 heteroatoms. The minimum atomic E-state index is -0.0923. The van der Waals surface area contributed by atoms with Crippen molar-refractivity contribution in [2.24, 2.45) is 4.99 Å². The summed E-state index contributed by atoms with van der Waals surface area (Å²) < 4.78 is 13.1. The molecule has 0 aliphatic heterocycles. The number of furan rings is 1. The average Bonchev–Trinajstić information content (AvgIpc) is 3.43. The highest BCUT2D eigenvalue weighted by molar-refractivity contribution is 14.1. The zero-order valence-electron chi connectivity index (χ0n) is 17.3. The number of carbonyl (C=O) groups is 1. The maximum Gasteiger partial charge on any atom is 0.255 e. The highest BCUT2D eigenvalue weighted by atomic mass is 127. The quantitative estimate of drug-likeness (QED) is 0.165. The molecule has 1 aliphatic rings. The van der Waals surface area contributed by atoms with Crippen LogP contribution in [0.2, 0.25) is 0 Å². The standard InChI is InChI=1S/C24H22I2N2O3S/c1-2-9-31-22-18(25)11-15(12-19(22)26)13-28-24-21(17-7-3-4-8-20(17)32-24)23(29)27-14-16-6-5-10-30-16/h2,5-6,10-13H,1,3-4,7-9,14H2,(H,27,29). The summed E-state index contributed by atoms with van der Waals surface area (Å²) in [6, 6.07) is 7.75. The second kappa shape index (κ2) is 11.0. The predicted octanol–water partition coefficient (Wildman–Crippen LogP) is 6.67. The van der Waals surface area contributed by atoms with E-state index in [1.165, 1.54) is 4.88 Å². The van der Waals surface area contributed by atoms with Gasteiger partial charge in [-0.05, 0) is 106 Å². The number of nitrogens with zero attached hydrogens (tertiary/aromatic N) is 1. The van der Waals surface area contributed by atoms with Crippen molar-refractivity contribution in [3.05, 3.63) is 77.7 Å². The molecule has 1 amide bonds. The number of ether oxygens (including phenoxy) is 1. The van der Waals surface area contributed by atoms with Crippen LogP contribution in [0.15, 0.2) is 52.6 Å². The van der Waals surface area contributed by atoms with Crippen molar-refractivity contribution in [2.75, 3.05) is 6.61 Å². The summed E-state index contributed by atoms with van der Waals surface area (Å²) in [4.78, 5) is 19.2.